The van der Waals surface area contributed by atoms with Crippen LogP contribution in [0.3, 0.4) is 0 Å². The molecule has 2 amide bonds. The lowest BCUT2D eigenvalue weighted by atomic mass is 10.1. The van der Waals surface area contributed by atoms with E-state index < -0.39 is 52.6 Å². The molecule has 0 atom stereocenters. The number of aliphatic carboxylic acids is 1. The molecule has 3 aromatic rings. The molecule has 12 heteroatoms. The molecule has 0 spiro atoms. The monoisotopic (exact) mass is 486 g/mol. The number of rotatable bonds is 8. The summed E-state index contributed by atoms with van der Waals surface area (Å²) in [4.78, 5) is 53.1. The average Bonchev–Trinajstić information content (AvgIpc) is 2.81. The number of halogens is 1. The van der Waals surface area contributed by atoms with E-state index in [4.69, 9.17) is 16.7 Å². The van der Waals surface area contributed by atoms with Gasteiger partial charge in [-0.05, 0) is 23.3 Å². The van der Waals surface area contributed by atoms with Crippen molar-refractivity contribution >= 4 is 29.4 Å². The first-order chi connectivity index (χ1) is 16.2. The molecule has 0 saturated carbocycles. The number of aromatic hydroxyl groups is 2. The molecular weight excluding hydrogens is 468 g/mol. The molecule has 3 rings (SSSR count). The maximum atomic E-state index is 13.0. The molecular formula is C22H19ClN4O7. The first-order valence-electron chi connectivity index (χ1n) is 9.80. The second-order valence-electron chi connectivity index (χ2n) is 7.03. The Morgan fingerprint density at radius 3 is 2.35 bits per heavy atom. The van der Waals surface area contributed by atoms with Gasteiger partial charge in [-0.3, -0.25) is 28.7 Å². The van der Waals surface area contributed by atoms with Gasteiger partial charge in [0.2, 0.25) is 5.88 Å². The number of aromatic nitrogens is 2. The van der Waals surface area contributed by atoms with Gasteiger partial charge in [-0.2, -0.15) is 0 Å². The van der Waals surface area contributed by atoms with Crippen LogP contribution in [-0.2, 0) is 17.9 Å². The lowest BCUT2D eigenvalue weighted by molar-refractivity contribution is -0.135. The third kappa shape index (κ3) is 5.33. The molecule has 0 unspecified atom stereocenters. The maximum absolute atomic E-state index is 13.0. The molecule has 2 heterocycles. The smallest absolute Gasteiger partial charge is 0.322 e. The highest BCUT2D eigenvalue weighted by Crippen LogP contribution is 2.29. The Morgan fingerprint density at radius 2 is 1.71 bits per heavy atom. The Morgan fingerprint density at radius 1 is 1.00 bits per heavy atom. The Balaban J connectivity index is 2.09. The minimum atomic E-state index is -1.39. The van der Waals surface area contributed by atoms with E-state index in [0.717, 1.165) is 0 Å². The number of nitrogens with one attached hydrogen (secondary N) is 2. The van der Waals surface area contributed by atoms with Crippen molar-refractivity contribution in [3.8, 4) is 11.6 Å². The van der Waals surface area contributed by atoms with E-state index in [0.29, 0.717) is 15.7 Å². The summed E-state index contributed by atoms with van der Waals surface area (Å²) in [6.07, 6.45) is 3.03. The highest BCUT2D eigenvalue weighted by Gasteiger charge is 2.30. The molecule has 0 aliphatic carbocycles. The first kappa shape index (κ1) is 24.3. The van der Waals surface area contributed by atoms with Crippen molar-refractivity contribution in [2.75, 3.05) is 6.54 Å². The highest BCUT2D eigenvalue weighted by molar-refractivity contribution is 6.31. The fourth-order valence-corrected chi connectivity index (χ4v) is 3.27. The van der Waals surface area contributed by atoms with Crippen LogP contribution in [0.2, 0.25) is 5.02 Å². The van der Waals surface area contributed by atoms with Gasteiger partial charge in [0.15, 0.2) is 5.75 Å². The third-order valence-electron chi connectivity index (χ3n) is 4.73. The van der Waals surface area contributed by atoms with E-state index in [9.17, 15) is 29.4 Å². The second-order valence-corrected chi connectivity index (χ2v) is 7.43. The van der Waals surface area contributed by atoms with Gasteiger partial charge in [0, 0.05) is 24.0 Å². The largest absolute Gasteiger partial charge is 0.506 e. The van der Waals surface area contributed by atoms with E-state index in [-0.39, 0.29) is 18.1 Å². The van der Waals surface area contributed by atoms with E-state index >= 15 is 0 Å². The minimum absolute atomic E-state index is 0.0320. The summed E-state index contributed by atoms with van der Waals surface area (Å²) < 4.78 is 0.690. The van der Waals surface area contributed by atoms with Gasteiger partial charge in [0.1, 0.15) is 17.7 Å². The number of carboxylic acids is 1. The quantitative estimate of drug-likeness (QED) is 0.315. The predicted molar refractivity (Wildman–Crippen MR) is 120 cm³/mol. The SMILES string of the molecule is O=C(O)CNC(=O)c1c(O)c(C(=O)NCc2cccnc2)c(O)n(Cc2ccccc2Cl)c1=O. The van der Waals surface area contributed by atoms with Crippen LogP contribution in [0.25, 0.3) is 0 Å². The molecule has 0 fully saturated rings. The molecule has 2 aromatic heterocycles. The van der Waals surface area contributed by atoms with Gasteiger partial charge in [-0.1, -0.05) is 35.9 Å². The standard InChI is InChI=1S/C22H19ClN4O7/c23-14-6-2-1-5-13(14)11-27-21(33)16(19(31)25-9-12-4-3-7-24-8-12)18(30)17(22(27)34)20(32)26-10-15(28)29/h1-8,30,33H,9-11H2,(H,25,31)(H,26,32)(H,28,29). The predicted octanol–water partition coefficient (Wildman–Crippen LogP) is 1.10. The lowest BCUT2D eigenvalue weighted by Gasteiger charge is -2.17. The number of pyridine rings is 2. The fourth-order valence-electron chi connectivity index (χ4n) is 3.07. The van der Waals surface area contributed by atoms with Crippen molar-refractivity contribution in [1.29, 1.82) is 0 Å². The van der Waals surface area contributed by atoms with E-state index in [1.165, 1.54) is 12.4 Å². The highest BCUT2D eigenvalue weighted by atomic mass is 35.5. The number of carbonyl (C=O) groups is 3. The Hall–Kier alpha value is -4.38. The molecule has 34 heavy (non-hydrogen) atoms. The lowest BCUT2D eigenvalue weighted by Crippen LogP contribution is -2.37. The Kier molecular flexibility index (Phi) is 7.49. The normalized spacial score (nSPS) is 10.5. The van der Waals surface area contributed by atoms with Crippen LogP contribution in [0.5, 0.6) is 11.6 Å². The van der Waals surface area contributed by atoms with Crippen molar-refractivity contribution in [2.24, 2.45) is 0 Å². The summed E-state index contributed by atoms with van der Waals surface area (Å²) in [5.41, 5.74) is -1.81. The van der Waals surface area contributed by atoms with Crippen LogP contribution in [0.15, 0.2) is 53.6 Å². The molecule has 0 radical (unpaired) electrons. The van der Waals surface area contributed by atoms with Gasteiger partial charge in [0.25, 0.3) is 17.4 Å². The van der Waals surface area contributed by atoms with Crippen molar-refractivity contribution in [3.63, 3.8) is 0 Å². The van der Waals surface area contributed by atoms with E-state index in [1.807, 2.05) is 5.32 Å². The molecule has 1 aromatic carbocycles. The van der Waals surface area contributed by atoms with Crippen molar-refractivity contribution < 1.29 is 29.7 Å². The molecule has 0 aliphatic heterocycles. The molecule has 0 aliphatic rings. The van der Waals surface area contributed by atoms with Crippen LogP contribution in [-0.4, -0.2) is 49.2 Å². The van der Waals surface area contributed by atoms with Crippen LogP contribution in [0.1, 0.15) is 31.8 Å². The summed E-state index contributed by atoms with van der Waals surface area (Å²) in [6.45, 7) is -1.21. The Bertz CT molecular complexity index is 1310. The zero-order chi connectivity index (χ0) is 24.8. The number of carboxylic acid groups (broad SMARTS) is 1. The number of hydrogen-bond acceptors (Lipinski definition) is 7. The van der Waals surface area contributed by atoms with Crippen LogP contribution < -0.4 is 16.2 Å². The van der Waals surface area contributed by atoms with Gasteiger partial charge in [0.05, 0.1) is 6.54 Å². The van der Waals surface area contributed by atoms with Crippen LogP contribution in [0.4, 0.5) is 0 Å². The van der Waals surface area contributed by atoms with E-state index in [1.54, 1.807) is 36.4 Å². The molecule has 176 valence electrons. The summed E-state index contributed by atoms with van der Waals surface area (Å²) >= 11 is 6.14. The zero-order valence-electron chi connectivity index (χ0n) is 17.5. The summed E-state index contributed by atoms with van der Waals surface area (Å²) in [5.74, 6) is -5.61. The number of carbonyl (C=O) groups excluding carboxylic acids is 2. The topological polar surface area (TPSA) is 171 Å². The maximum Gasteiger partial charge on any atom is 0.322 e. The second kappa shape index (κ2) is 10.5. The average molecular weight is 487 g/mol. The molecule has 11 nitrogen and oxygen atoms in total. The summed E-state index contributed by atoms with van der Waals surface area (Å²) in [5, 5.41) is 34.9. The minimum Gasteiger partial charge on any atom is -0.506 e. The first-order valence-corrected chi connectivity index (χ1v) is 10.2. The molecule has 0 saturated heterocycles. The fraction of sp³-hybridized carbons (Fsp3) is 0.136. The van der Waals surface area contributed by atoms with Gasteiger partial charge >= 0.3 is 5.97 Å². The number of hydrogen-bond donors (Lipinski definition) is 5. The zero-order valence-corrected chi connectivity index (χ0v) is 18.2. The Labute approximate surface area is 197 Å². The number of nitrogens with zero attached hydrogens (tertiary/aromatic N) is 2. The van der Waals surface area contributed by atoms with Crippen molar-refractivity contribution in [2.45, 2.75) is 13.1 Å². The van der Waals surface area contributed by atoms with E-state index in [2.05, 4.69) is 10.3 Å². The van der Waals surface area contributed by atoms with Gasteiger partial charge in [-0.15, -0.1) is 0 Å². The molecule has 5 N–H and O–H groups in total. The summed E-state index contributed by atoms with van der Waals surface area (Å²) in [7, 11) is 0. The van der Waals surface area contributed by atoms with Crippen molar-refractivity contribution in [1.82, 2.24) is 20.2 Å². The third-order valence-corrected chi connectivity index (χ3v) is 5.10. The molecule has 0 bridgehead atoms. The van der Waals surface area contributed by atoms with Crippen LogP contribution in [0, 0.1) is 0 Å². The van der Waals surface area contributed by atoms with Crippen LogP contribution >= 0.6 is 11.6 Å². The van der Waals surface area contributed by atoms with Gasteiger partial charge < -0.3 is 26.0 Å². The summed E-state index contributed by atoms with van der Waals surface area (Å²) in [6, 6.07) is 9.70. The number of amides is 2. The van der Waals surface area contributed by atoms with Gasteiger partial charge in [-0.25, -0.2) is 0 Å². The number of benzene rings is 1. The van der Waals surface area contributed by atoms with Crippen molar-refractivity contribution in [3.05, 3.63) is 86.4 Å².